The molecule has 0 radical (unpaired) electrons. The largest absolute Gasteiger partial charge is 0.343 e. The third kappa shape index (κ3) is 5.93. The molecule has 1 aliphatic rings. The molecule has 0 spiro atoms. The number of piperidine rings is 1. The minimum atomic E-state index is -3.18. The minimum Gasteiger partial charge on any atom is -0.343 e. The van der Waals surface area contributed by atoms with E-state index in [2.05, 4.69) is 4.72 Å². The summed E-state index contributed by atoms with van der Waals surface area (Å²) in [7, 11) is -3.18. The lowest BCUT2D eigenvalue weighted by atomic mass is 10.0. The van der Waals surface area contributed by atoms with Gasteiger partial charge in [-0.05, 0) is 30.4 Å². The maximum Gasteiger partial charge on any atom is 0.222 e. The molecule has 0 saturated carbocycles. The van der Waals surface area contributed by atoms with Crippen molar-refractivity contribution >= 4 is 15.9 Å². The predicted octanol–water partition coefficient (Wildman–Crippen LogP) is 0.618. The first-order chi connectivity index (χ1) is 10.9. The molecule has 0 atom stereocenters. The van der Waals surface area contributed by atoms with E-state index in [0.717, 1.165) is 11.1 Å². The highest BCUT2D eigenvalue weighted by Crippen LogP contribution is 2.14. The average molecular weight is 339 g/mol. The molecule has 0 aromatic heterocycles. The van der Waals surface area contributed by atoms with Crippen molar-refractivity contribution in [1.29, 1.82) is 0 Å². The highest BCUT2D eigenvalue weighted by atomic mass is 32.2. The van der Waals surface area contributed by atoms with Crippen LogP contribution in [0.1, 0.15) is 30.4 Å². The Morgan fingerprint density at radius 2 is 1.78 bits per heavy atom. The molecule has 3 N–H and O–H groups in total. The molecule has 1 fully saturated rings. The van der Waals surface area contributed by atoms with Gasteiger partial charge in [0.1, 0.15) is 0 Å². The number of hydrogen-bond acceptors (Lipinski definition) is 4. The number of benzene rings is 1. The summed E-state index contributed by atoms with van der Waals surface area (Å²) in [5, 5.41) is 0. The monoisotopic (exact) mass is 339 g/mol. The Bertz CT molecular complexity index is 620. The number of carbonyl (C=O) groups is 1. The quantitative estimate of drug-likeness (QED) is 0.794. The number of aryl methyl sites for hydroxylation is 1. The van der Waals surface area contributed by atoms with E-state index in [4.69, 9.17) is 5.73 Å². The smallest absolute Gasteiger partial charge is 0.222 e. The average Bonchev–Trinajstić information content (AvgIpc) is 2.52. The predicted molar refractivity (Wildman–Crippen MR) is 90.2 cm³/mol. The van der Waals surface area contributed by atoms with Crippen LogP contribution in [-0.4, -0.2) is 44.6 Å². The van der Waals surface area contributed by atoms with Gasteiger partial charge in [0.25, 0.3) is 0 Å². The van der Waals surface area contributed by atoms with Crippen molar-refractivity contribution in [3.05, 3.63) is 35.4 Å². The molecule has 7 heteroatoms. The first-order valence-corrected chi connectivity index (χ1v) is 9.79. The SMILES string of the molecule is CS(=O)(=O)NC1CCN(C(=O)CCc2ccc(CN)cc2)CC1. The van der Waals surface area contributed by atoms with Gasteiger partial charge >= 0.3 is 0 Å². The molecule has 1 amide bonds. The molecule has 128 valence electrons. The summed E-state index contributed by atoms with van der Waals surface area (Å²) in [5.74, 6) is 0.130. The van der Waals surface area contributed by atoms with Gasteiger partial charge < -0.3 is 10.6 Å². The van der Waals surface area contributed by atoms with Gasteiger partial charge in [0.05, 0.1) is 6.26 Å². The van der Waals surface area contributed by atoms with E-state index < -0.39 is 10.0 Å². The zero-order valence-corrected chi connectivity index (χ0v) is 14.3. The zero-order valence-electron chi connectivity index (χ0n) is 13.5. The number of sulfonamides is 1. The molecular weight excluding hydrogens is 314 g/mol. The Kier molecular flexibility index (Phi) is 6.15. The van der Waals surface area contributed by atoms with Crippen LogP contribution in [0.3, 0.4) is 0 Å². The van der Waals surface area contributed by atoms with Gasteiger partial charge in [-0.25, -0.2) is 13.1 Å². The molecule has 1 aromatic carbocycles. The first-order valence-electron chi connectivity index (χ1n) is 7.90. The van der Waals surface area contributed by atoms with E-state index in [9.17, 15) is 13.2 Å². The van der Waals surface area contributed by atoms with Gasteiger partial charge in [0.15, 0.2) is 0 Å². The van der Waals surface area contributed by atoms with Crippen LogP contribution in [0.5, 0.6) is 0 Å². The van der Waals surface area contributed by atoms with Crippen LogP contribution in [0.25, 0.3) is 0 Å². The summed E-state index contributed by atoms with van der Waals surface area (Å²) < 4.78 is 25.1. The molecule has 0 unspecified atom stereocenters. The van der Waals surface area contributed by atoms with Crippen LogP contribution < -0.4 is 10.5 Å². The molecule has 0 aliphatic carbocycles. The second-order valence-electron chi connectivity index (χ2n) is 6.07. The third-order valence-electron chi connectivity index (χ3n) is 4.11. The summed E-state index contributed by atoms with van der Waals surface area (Å²) >= 11 is 0. The second kappa shape index (κ2) is 7.90. The third-order valence-corrected chi connectivity index (χ3v) is 4.88. The number of amides is 1. The standard InChI is InChI=1S/C16H25N3O3S/c1-23(21,22)18-15-8-10-19(11-9-15)16(20)7-6-13-2-4-14(12-17)5-3-13/h2-5,15,18H,6-12,17H2,1H3. The summed E-state index contributed by atoms with van der Waals surface area (Å²) in [6.07, 6.45) is 3.70. The molecule has 1 aliphatic heterocycles. The molecular formula is C16H25N3O3S. The normalized spacial score (nSPS) is 16.5. The van der Waals surface area contributed by atoms with Crippen molar-refractivity contribution in [2.75, 3.05) is 19.3 Å². The van der Waals surface area contributed by atoms with E-state index in [-0.39, 0.29) is 11.9 Å². The van der Waals surface area contributed by atoms with E-state index in [0.29, 0.717) is 45.3 Å². The maximum atomic E-state index is 12.3. The van der Waals surface area contributed by atoms with E-state index in [1.807, 2.05) is 29.2 Å². The van der Waals surface area contributed by atoms with Crippen molar-refractivity contribution in [3.63, 3.8) is 0 Å². The Balaban J connectivity index is 1.76. The van der Waals surface area contributed by atoms with E-state index >= 15 is 0 Å². The van der Waals surface area contributed by atoms with Gasteiger partial charge in [-0.2, -0.15) is 0 Å². The molecule has 6 nitrogen and oxygen atoms in total. The number of carbonyl (C=O) groups excluding carboxylic acids is 1. The van der Waals surface area contributed by atoms with Crippen molar-refractivity contribution in [1.82, 2.24) is 9.62 Å². The fourth-order valence-corrected chi connectivity index (χ4v) is 3.64. The van der Waals surface area contributed by atoms with Crippen molar-refractivity contribution in [2.45, 2.75) is 38.3 Å². The van der Waals surface area contributed by atoms with Crippen LogP contribution in [0.2, 0.25) is 0 Å². The molecule has 2 rings (SSSR count). The number of hydrogen-bond donors (Lipinski definition) is 2. The number of nitrogens with one attached hydrogen (secondary N) is 1. The van der Waals surface area contributed by atoms with Gasteiger partial charge in [0, 0.05) is 32.1 Å². The molecule has 1 saturated heterocycles. The maximum absolute atomic E-state index is 12.3. The number of nitrogens with zero attached hydrogens (tertiary/aromatic N) is 1. The van der Waals surface area contributed by atoms with Gasteiger partial charge in [-0.1, -0.05) is 24.3 Å². The second-order valence-corrected chi connectivity index (χ2v) is 7.85. The van der Waals surface area contributed by atoms with Gasteiger partial charge in [0.2, 0.25) is 15.9 Å². The summed E-state index contributed by atoms with van der Waals surface area (Å²) in [4.78, 5) is 14.1. The van der Waals surface area contributed by atoms with Crippen molar-refractivity contribution in [2.24, 2.45) is 5.73 Å². The fourth-order valence-electron chi connectivity index (χ4n) is 2.80. The van der Waals surface area contributed by atoms with Gasteiger partial charge in [-0.15, -0.1) is 0 Å². The highest BCUT2D eigenvalue weighted by molar-refractivity contribution is 7.88. The Morgan fingerprint density at radius 1 is 1.22 bits per heavy atom. The topological polar surface area (TPSA) is 92.5 Å². The van der Waals surface area contributed by atoms with Crippen LogP contribution >= 0.6 is 0 Å². The van der Waals surface area contributed by atoms with Gasteiger partial charge in [-0.3, -0.25) is 4.79 Å². The number of nitrogens with two attached hydrogens (primary N) is 1. The van der Waals surface area contributed by atoms with Crippen molar-refractivity contribution < 1.29 is 13.2 Å². The molecule has 1 aromatic rings. The lowest BCUT2D eigenvalue weighted by molar-refractivity contribution is -0.132. The fraction of sp³-hybridized carbons (Fsp3) is 0.562. The summed E-state index contributed by atoms with van der Waals surface area (Å²) in [6, 6.07) is 7.94. The van der Waals surface area contributed by atoms with Crippen LogP contribution in [0.4, 0.5) is 0 Å². The zero-order chi connectivity index (χ0) is 16.9. The van der Waals surface area contributed by atoms with Crippen LogP contribution in [0.15, 0.2) is 24.3 Å². The lowest BCUT2D eigenvalue weighted by Gasteiger charge is -2.32. The van der Waals surface area contributed by atoms with E-state index in [1.165, 1.54) is 6.26 Å². The summed E-state index contributed by atoms with van der Waals surface area (Å²) in [5.41, 5.74) is 7.78. The molecule has 1 heterocycles. The number of likely N-dealkylation sites (tertiary alicyclic amines) is 1. The Morgan fingerprint density at radius 3 is 2.30 bits per heavy atom. The molecule has 0 bridgehead atoms. The highest BCUT2D eigenvalue weighted by Gasteiger charge is 2.24. The van der Waals surface area contributed by atoms with Crippen LogP contribution in [0, 0.1) is 0 Å². The molecule has 23 heavy (non-hydrogen) atoms. The van der Waals surface area contributed by atoms with Crippen LogP contribution in [-0.2, 0) is 27.8 Å². The van der Waals surface area contributed by atoms with E-state index in [1.54, 1.807) is 0 Å². The first kappa shape index (κ1) is 17.9. The van der Waals surface area contributed by atoms with Crippen molar-refractivity contribution in [3.8, 4) is 0 Å². The summed E-state index contributed by atoms with van der Waals surface area (Å²) in [6.45, 7) is 1.74. The lowest BCUT2D eigenvalue weighted by Crippen LogP contribution is -2.46. The minimum absolute atomic E-state index is 0.0575. The Labute approximate surface area is 138 Å². The Hall–Kier alpha value is -1.44. The number of rotatable bonds is 6.